The van der Waals surface area contributed by atoms with Gasteiger partial charge in [0, 0.05) is 31.6 Å². The molecule has 1 N–H and O–H groups in total. The van der Waals surface area contributed by atoms with Crippen molar-refractivity contribution in [3.05, 3.63) is 17.2 Å². The maximum absolute atomic E-state index is 6.10. The number of fused-ring (bicyclic) bond motifs is 3. The van der Waals surface area contributed by atoms with Crippen LogP contribution in [0.4, 0.5) is 0 Å². The zero-order valence-electron chi connectivity index (χ0n) is 12.6. The number of nitrogens with one attached hydrogen (secondary N) is 1. The molecule has 0 radical (unpaired) electrons. The summed E-state index contributed by atoms with van der Waals surface area (Å²) in [5.74, 6) is 1.96. The molecule has 3 aliphatic rings. The Hall–Kier alpha value is -0.870. The summed E-state index contributed by atoms with van der Waals surface area (Å²) < 4.78 is 8.68. The van der Waals surface area contributed by atoms with Crippen LogP contribution in [-0.2, 0) is 24.1 Å². The van der Waals surface area contributed by atoms with Crippen LogP contribution < -0.4 is 5.32 Å². The largest absolute Gasteiger partial charge is 0.373 e. The molecule has 4 heteroatoms. The fraction of sp³-hybridized carbons (Fsp3) is 0.812. The second-order valence-corrected chi connectivity index (χ2v) is 6.99. The molecule has 110 valence electrons. The minimum absolute atomic E-state index is 0.444. The van der Waals surface area contributed by atoms with E-state index < -0.39 is 0 Å². The average molecular weight is 275 g/mol. The van der Waals surface area contributed by atoms with Gasteiger partial charge in [0.1, 0.15) is 5.82 Å². The van der Waals surface area contributed by atoms with Gasteiger partial charge in [0.15, 0.2) is 0 Å². The molecule has 4 nitrogen and oxygen atoms in total. The van der Waals surface area contributed by atoms with E-state index in [1.165, 1.54) is 36.5 Å². The summed E-state index contributed by atoms with van der Waals surface area (Å²) in [6, 6.07) is 0.553. The predicted octanol–water partition coefficient (Wildman–Crippen LogP) is 2.22. The fourth-order valence-electron chi connectivity index (χ4n) is 4.17. The summed E-state index contributed by atoms with van der Waals surface area (Å²) in [5, 5.41) is 3.45. The van der Waals surface area contributed by atoms with Gasteiger partial charge in [-0.2, -0.15) is 0 Å². The Labute approximate surface area is 120 Å². The third kappa shape index (κ3) is 2.01. The highest BCUT2D eigenvalue weighted by Crippen LogP contribution is 2.43. The molecule has 1 aromatic rings. The van der Waals surface area contributed by atoms with Crippen LogP contribution in [0.2, 0.25) is 0 Å². The van der Waals surface area contributed by atoms with Crippen LogP contribution in [0.15, 0.2) is 0 Å². The molecular weight excluding hydrogens is 250 g/mol. The lowest BCUT2D eigenvalue weighted by atomic mass is 9.94. The van der Waals surface area contributed by atoms with Gasteiger partial charge in [-0.1, -0.05) is 13.8 Å². The van der Waals surface area contributed by atoms with Gasteiger partial charge in [-0.25, -0.2) is 4.98 Å². The molecule has 0 spiro atoms. The van der Waals surface area contributed by atoms with Gasteiger partial charge in [0.2, 0.25) is 0 Å². The van der Waals surface area contributed by atoms with Crippen molar-refractivity contribution in [2.75, 3.05) is 6.54 Å². The molecule has 0 amide bonds. The first-order chi connectivity index (χ1) is 9.72. The Morgan fingerprint density at radius 1 is 1.40 bits per heavy atom. The van der Waals surface area contributed by atoms with E-state index in [9.17, 15) is 0 Å². The second kappa shape index (κ2) is 4.85. The zero-order chi connectivity index (χ0) is 13.7. The molecule has 4 rings (SSSR count). The number of hydrogen-bond acceptors (Lipinski definition) is 3. The highest BCUT2D eigenvalue weighted by atomic mass is 16.5. The van der Waals surface area contributed by atoms with Gasteiger partial charge in [-0.05, 0) is 25.2 Å². The summed E-state index contributed by atoms with van der Waals surface area (Å²) in [4.78, 5) is 4.96. The van der Waals surface area contributed by atoms with E-state index in [1.54, 1.807) is 0 Å². The van der Waals surface area contributed by atoms with E-state index in [1.807, 2.05) is 0 Å². The summed E-state index contributed by atoms with van der Waals surface area (Å²) in [6.07, 6.45) is 6.86. The maximum Gasteiger partial charge on any atom is 0.109 e. The normalized spacial score (nSPS) is 32.0. The zero-order valence-corrected chi connectivity index (χ0v) is 12.6. The van der Waals surface area contributed by atoms with Crippen molar-refractivity contribution < 1.29 is 4.74 Å². The van der Waals surface area contributed by atoms with Gasteiger partial charge in [0.25, 0.3) is 0 Å². The lowest BCUT2D eigenvalue weighted by Crippen LogP contribution is -2.29. The van der Waals surface area contributed by atoms with Crippen molar-refractivity contribution in [1.82, 2.24) is 14.9 Å². The average Bonchev–Trinajstić information content (AvgIpc) is 3.09. The first kappa shape index (κ1) is 12.8. The van der Waals surface area contributed by atoms with Crippen LogP contribution in [0.5, 0.6) is 0 Å². The molecule has 2 bridgehead atoms. The molecule has 3 aliphatic heterocycles. The van der Waals surface area contributed by atoms with E-state index in [-0.39, 0.29) is 0 Å². The lowest BCUT2D eigenvalue weighted by Gasteiger charge is -2.26. The van der Waals surface area contributed by atoms with Crippen LogP contribution in [-0.4, -0.2) is 28.3 Å². The van der Waals surface area contributed by atoms with E-state index in [2.05, 4.69) is 23.7 Å². The number of rotatable bonds is 3. The highest BCUT2D eigenvalue weighted by Gasteiger charge is 2.43. The van der Waals surface area contributed by atoms with Gasteiger partial charge in [0.05, 0.1) is 23.9 Å². The summed E-state index contributed by atoms with van der Waals surface area (Å²) in [7, 11) is 0. The van der Waals surface area contributed by atoms with Crippen LogP contribution in [0.1, 0.15) is 56.4 Å². The minimum atomic E-state index is 0.444. The van der Waals surface area contributed by atoms with Crippen LogP contribution in [0.3, 0.4) is 0 Å². The van der Waals surface area contributed by atoms with Crippen LogP contribution >= 0.6 is 0 Å². The van der Waals surface area contributed by atoms with Gasteiger partial charge in [-0.3, -0.25) is 0 Å². The molecular formula is C16H25N3O. The standard InChI is InChI=1S/C16H25N3O/c1-10(2)7-16-18-12-9-17-6-5-13(12)19(16)14-8-11-3-4-15(14)20-11/h10-11,14-15,17H,3-9H2,1-2H3. The molecule has 2 fully saturated rings. The third-order valence-electron chi connectivity index (χ3n) is 4.99. The summed E-state index contributed by atoms with van der Waals surface area (Å²) >= 11 is 0. The van der Waals surface area contributed by atoms with Gasteiger partial charge >= 0.3 is 0 Å². The van der Waals surface area contributed by atoms with E-state index in [0.29, 0.717) is 24.2 Å². The molecule has 0 aromatic carbocycles. The Kier molecular flexibility index (Phi) is 3.11. The lowest BCUT2D eigenvalue weighted by molar-refractivity contribution is 0.0930. The first-order valence-electron chi connectivity index (χ1n) is 8.17. The number of imidazole rings is 1. The number of aromatic nitrogens is 2. The molecule has 4 heterocycles. The Morgan fingerprint density at radius 2 is 2.30 bits per heavy atom. The quantitative estimate of drug-likeness (QED) is 0.919. The molecule has 1 aromatic heterocycles. The molecule has 0 aliphatic carbocycles. The third-order valence-corrected chi connectivity index (χ3v) is 4.99. The Bertz CT molecular complexity index is 508. The van der Waals surface area contributed by atoms with Gasteiger partial charge in [-0.15, -0.1) is 0 Å². The highest BCUT2D eigenvalue weighted by molar-refractivity contribution is 5.23. The van der Waals surface area contributed by atoms with Crippen molar-refractivity contribution in [3.63, 3.8) is 0 Å². The Morgan fingerprint density at radius 3 is 3.00 bits per heavy atom. The smallest absolute Gasteiger partial charge is 0.109 e. The van der Waals surface area contributed by atoms with E-state index in [0.717, 1.165) is 25.9 Å². The number of hydrogen-bond donors (Lipinski definition) is 1. The van der Waals surface area contributed by atoms with Crippen molar-refractivity contribution in [1.29, 1.82) is 0 Å². The Balaban J connectivity index is 1.73. The summed E-state index contributed by atoms with van der Waals surface area (Å²) in [5.41, 5.74) is 2.77. The number of nitrogens with zero attached hydrogens (tertiary/aromatic N) is 2. The maximum atomic E-state index is 6.10. The fourth-order valence-corrected chi connectivity index (χ4v) is 4.17. The SMILES string of the molecule is CC(C)Cc1nc2c(n1C1CC3CCC1O3)CCNC2. The van der Waals surface area contributed by atoms with Gasteiger partial charge < -0.3 is 14.6 Å². The monoisotopic (exact) mass is 275 g/mol. The van der Waals surface area contributed by atoms with E-state index >= 15 is 0 Å². The first-order valence-corrected chi connectivity index (χ1v) is 8.17. The van der Waals surface area contributed by atoms with Crippen molar-refractivity contribution in [2.24, 2.45) is 5.92 Å². The molecule has 2 saturated heterocycles. The van der Waals surface area contributed by atoms with Crippen molar-refractivity contribution in [2.45, 2.75) is 70.7 Å². The number of ether oxygens (including phenoxy) is 1. The van der Waals surface area contributed by atoms with Crippen molar-refractivity contribution in [3.8, 4) is 0 Å². The van der Waals surface area contributed by atoms with Crippen LogP contribution in [0, 0.1) is 5.92 Å². The molecule has 3 unspecified atom stereocenters. The second-order valence-electron chi connectivity index (χ2n) is 6.99. The van der Waals surface area contributed by atoms with Crippen molar-refractivity contribution >= 4 is 0 Å². The predicted molar refractivity (Wildman–Crippen MR) is 77.7 cm³/mol. The molecule has 3 atom stereocenters. The molecule has 0 saturated carbocycles. The van der Waals surface area contributed by atoms with E-state index in [4.69, 9.17) is 9.72 Å². The van der Waals surface area contributed by atoms with Crippen LogP contribution in [0.25, 0.3) is 0 Å². The minimum Gasteiger partial charge on any atom is -0.373 e. The topological polar surface area (TPSA) is 39.1 Å². The molecule has 20 heavy (non-hydrogen) atoms. The summed E-state index contributed by atoms with van der Waals surface area (Å²) in [6.45, 7) is 6.59.